The highest BCUT2D eigenvalue weighted by atomic mass is 19.4. The highest BCUT2D eigenvalue weighted by molar-refractivity contribution is 5.89. The first-order chi connectivity index (χ1) is 16.1. The Balaban J connectivity index is 2.08. The van der Waals surface area contributed by atoms with Crippen molar-refractivity contribution in [2.75, 3.05) is 20.8 Å². The van der Waals surface area contributed by atoms with E-state index in [1.807, 2.05) is 0 Å². The smallest absolute Gasteiger partial charge is 0.496 e. The quantitative estimate of drug-likeness (QED) is 0.464. The Morgan fingerprint density at radius 3 is 2.44 bits per heavy atom. The summed E-state index contributed by atoms with van der Waals surface area (Å²) in [5.41, 5.74) is 1.89. The molecule has 2 N–H and O–H groups in total. The third kappa shape index (κ3) is 5.22. The van der Waals surface area contributed by atoms with E-state index in [0.29, 0.717) is 22.4 Å². The lowest BCUT2D eigenvalue weighted by Gasteiger charge is -2.15. The number of halogens is 3. The Morgan fingerprint density at radius 1 is 1.12 bits per heavy atom. The van der Waals surface area contributed by atoms with E-state index in [1.165, 1.54) is 20.3 Å². The van der Waals surface area contributed by atoms with Crippen LogP contribution in [-0.4, -0.2) is 53.2 Å². The molecule has 3 rings (SSSR count). The van der Waals surface area contributed by atoms with Gasteiger partial charge in [0.2, 0.25) is 5.88 Å². The lowest BCUT2D eigenvalue weighted by atomic mass is 10.0. The predicted octanol–water partition coefficient (Wildman–Crippen LogP) is 4.03. The Kier molecular flexibility index (Phi) is 7.30. The van der Waals surface area contributed by atoms with E-state index in [1.54, 1.807) is 19.9 Å². The van der Waals surface area contributed by atoms with Crippen LogP contribution < -0.4 is 14.2 Å². The topological polar surface area (TPSA) is 116 Å². The lowest BCUT2D eigenvalue weighted by molar-refractivity contribution is -0.274. The van der Waals surface area contributed by atoms with Crippen LogP contribution in [0.25, 0.3) is 22.6 Å². The maximum Gasteiger partial charge on any atom is 0.573 e. The summed E-state index contributed by atoms with van der Waals surface area (Å²) in [5, 5.41) is 9.60. The number of H-pyrrole nitrogens is 1. The van der Waals surface area contributed by atoms with Crippen LogP contribution in [0, 0.1) is 6.92 Å². The minimum Gasteiger partial charge on any atom is -0.496 e. The van der Waals surface area contributed by atoms with Crippen LogP contribution in [-0.2, 0) is 11.3 Å². The van der Waals surface area contributed by atoms with Crippen LogP contribution in [0.3, 0.4) is 0 Å². The zero-order valence-corrected chi connectivity index (χ0v) is 18.7. The molecule has 0 atom stereocenters. The van der Waals surface area contributed by atoms with Gasteiger partial charge in [-0.15, -0.1) is 13.2 Å². The van der Waals surface area contributed by atoms with Gasteiger partial charge in [-0.1, -0.05) is 0 Å². The van der Waals surface area contributed by atoms with E-state index in [4.69, 9.17) is 14.2 Å². The number of nitrogens with zero attached hydrogens (tertiary/aromatic N) is 2. The number of alkyl halides is 3. The maximum absolute atomic E-state index is 12.6. The second-order valence-corrected chi connectivity index (χ2v) is 6.91. The number of carbonyl (C=O) groups is 1. The first-order valence-corrected chi connectivity index (χ1v) is 9.98. The van der Waals surface area contributed by atoms with Crippen molar-refractivity contribution in [3.63, 3.8) is 0 Å². The van der Waals surface area contributed by atoms with Crippen LogP contribution >= 0.6 is 0 Å². The highest BCUT2D eigenvalue weighted by Gasteiger charge is 2.31. The molecule has 0 unspecified atom stereocenters. The molecule has 2 aromatic heterocycles. The van der Waals surface area contributed by atoms with Crippen molar-refractivity contribution in [1.82, 2.24) is 15.0 Å². The van der Waals surface area contributed by atoms with Crippen LogP contribution in [0.5, 0.6) is 17.4 Å². The summed E-state index contributed by atoms with van der Waals surface area (Å²) >= 11 is 0. The number of aromatic amines is 1. The molecule has 0 saturated carbocycles. The van der Waals surface area contributed by atoms with Crippen molar-refractivity contribution in [2.24, 2.45) is 0 Å². The van der Waals surface area contributed by atoms with Gasteiger partial charge in [-0.3, -0.25) is 0 Å². The highest BCUT2D eigenvalue weighted by Crippen LogP contribution is 2.39. The number of imidazole rings is 1. The van der Waals surface area contributed by atoms with Crippen molar-refractivity contribution < 1.29 is 42.0 Å². The summed E-state index contributed by atoms with van der Waals surface area (Å²) in [6.07, 6.45) is -4.84. The number of pyridine rings is 1. The summed E-state index contributed by atoms with van der Waals surface area (Å²) in [4.78, 5) is 23.8. The number of carbonyl (C=O) groups excluding carboxylic acids is 1. The molecule has 3 aromatic rings. The number of methoxy groups -OCH3 is 2. The summed E-state index contributed by atoms with van der Waals surface area (Å²) in [6, 6.07) is 5.33. The van der Waals surface area contributed by atoms with Gasteiger partial charge in [0.1, 0.15) is 17.3 Å². The van der Waals surface area contributed by atoms with Crippen molar-refractivity contribution in [3.05, 3.63) is 41.2 Å². The minimum absolute atomic E-state index is 0.0648. The lowest BCUT2D eigenvalue weighted by Crippen LogP contribution is -2.17. The average molecular weight is 481 g/mol. The van der Waals surface area contributed by atoms with Gasteiger partial charge in [-0.05, 0) is 37.6 Å². The van der Waals surface area contributed by atoms with Gasteiger partial charge >= 0.3 is 12.3 Å². The van der Waals surface area contributed by atoms with Crippen molar-refractivity contribution in [2.45, 2.75) is 26.8 Å². The summed E-state index contributed by atoms with van der Waals surface area (Å²) < 4.78 is 57.3. The predicted molar refractivity (Wildman–Crippen MR) is 114 cm³/mol. The fraction of sp³-hybridized carbons (Fsp3) is 0.318. The molecule has 12 heteroatoms. The molecule has 1 aromatic carbocycles. The summed E-state index contributed by atoms with van der Waals surface area (Å²) in [5.74, 6) is -0.690. The molecule has 0 radical (unpaired) electrons. The summed E-state index contributed by atoms with van der Waals surface area (Å²) in [6.45, 7) is 3.04. The molecule has 182 valence electrons. The van der Waals surface area contributed by atoms with Gasteiger partial charge in [0, 0.05) is 11.6 Å². The number of hydrogen-bond donors (Lipinski definition) is 2. The fourth-order valence-corrected chi connectivity index (χ4v) is 3.28. The van der Waals surface area contributed by atoms with E-state index in [2.05, 4.69) is 19.7 Å². The molecule has 9 nitrogen and oxygen atoms in total. The van der Waals surface area contributed by atoms with Crippen molar-refractivity contribution >= 4 is 5.97 Å². The maximum atomic E-state index is 12.6. The first kappa shape index (κ1) is 24.8. The van der Waals surface area contributed by atoms with Gasteiger partial charge in [0.05, 0.1) is 44.4 Å². The van der Waals surface area contributed by atoms with E-state index >= 15 is 0 Å². The van der Waals surface area contributed by atoms with Crippen molar-refractivity contribution in [1.29, 1.82) is 0 Å². The van der Waals surface area contributed by atoms with Gasteiger partial charge in [-0.2, -0.15) is 0 Å². The Labute approximate surface area is 192 Å². The third-order valence-electron chi connectivity index (χ3n) is 4.69. The SMILES string of the molecule is CCOC(=O)c1nc(-c2cc(C)c(-c3ccc(OC(F)(F)F)cc3OC)nc2OC)[nH]c1CO. The van der Waals surface area contributed by atoms with E-state index < -0.39 is 24.7 Å². The molecule has 2 heterocycles. The Morgan fingerprint density at radius 2 is 1.85 bits per heavy atom. The Bertz CT molecular complexity index is 1190. The number of esters is 1. The molecule has 0 aliphatic heterocycles. The standard InChI is InChI=1S/C22H22F3N3O6/c1-5-33-21(30)18-15(10-29)26-19(27-18)14-8-11(2)17(28-20(14)32-4)13-7-6-12(9-16(13)31-3)34-22(23,24)25/h6-9,29H,5,10H2,1-4H3,(H,26,27). The molecule has 0 aliphatic rings. The Hall–Kier alpha value is -3.80. The molecule has 0 saturated heterocycles. The third-order valence-corrected chi connectivity index (χ3v) is 4.69. The number of aromatic nitrogens is 3. The van der Waals surface area contributed by atoms with E-state index in [0.717, 1.165) is 12.1 Å². The van der Waals surface area contributed by atoms with Crippen LogP contribution in [0.15, 0.2) is 24.3 Å². The number of ether oxygens (including phenoxy) is 4. The number of aryl methyl sites for hydroxylation is 1. The van der Waals surface area contributed by atoms with E-state index in [9.17, 15) is 23.1 Å². The van der Waals surface area contributed by atoms with E-state index in [-0.39, 0.29) is 35.4 Å². The van der Waals surface area contributed by atoms with Gasteiger partial charge < -0.3 is 29.0 Å². The zero-order valence-electron chi connectivity index (χ0n) is 18.7. The second kappa shape index (κ2) is 10.00. The van der Waals surface area contributed by atoms with Gasteiger partial charge in [-0.25, -0.2) is 14.8 Å². The number of benzene rings is 1. The van der Waals surface area contributed by atoms with Gasteiger partial charge in [0.25, 0.3) is 0 Å². The fourth-order valence-electron chi connectivity index (χ4n) is 3.28. The second-order valence-electron chi connectivity index (χ2n) is 6.91. The minimum atomic E-state index is -4.84. The molecular weight excluding hydrogens is 459 g/mol. The molecule has 0 aliphatic carbocycles. The van der Waals surface area contributed by atoms with Gasteiger partial charge in [0.15, 0.2) is 5.69 Å². The number of aliphatic hydroxyl groups is 1. The largest absolute Gasteiger partial charge is 0.573 e. The summed E-state index contributed by atoms with van der Waals surface area (Å²) in [7, 11) is 2.69. The molecular formula is C22H22F3N3O6. The molecule has 0 fully saturated rings. The van der Waals surface area contributed by atoms with Crippen LogP contribution in [0.4, 0.5) is 13.2 Å². The average Bonchev–Trinajstić information content (AvgIpc) is 3.22. The van der Waals surface area contributed by atoms with Crippen LogP contribution in [0.1, 0.15) is 28.7 Å². The number of aliphatic hydroxyl groups excluding tert-OH is 1. The first-order valence-electron chi connectivity index (χ1n) is 9.98. The number of rotatable bonds is 8. The number of nitrogens with one attached hydrogen (secondary N) is 1. The number of hydrogen-bond acceptors (Lipinski definition) is 8. The normalized spacial score (nSPS) is 11.3. The monoisotopic (exact) mass is 481 g/mol. The van der Waals surface area contributed by atoms with Crippen LogP contribution in [0.2, 0.25) is 0 Å². The molecule has 34 heavy (non-hydrogen) atoms. The van der Waals surface area contributed by atoms with Crippen molar-refractivity contribution in [3.8, 4) is 40.0 Å². The molecule has 0 spiro atoms. The molecule has 0 amide bonds. The zero-order chi connectivity index (χ0) is 25.0. The molecule has 0 bridgehead atoms.